The molecule has 0 fully saturated rings. The monoisotopic (exact) mass is 709 g/mol. The minimum absolute atomic E-state index is 0.151. The Morgan fingerprint density at radius 3 is 0.833 bits per heavy atom. The Balaban J connectivity index is -0.000000293. The van der Waals surface area contributed by atoms with Crippen molar-refractivity contribution in [2.24, 2.45) is 0 Å². The van der Waals surface area contributed by atoms with Crippen LogP contribution >= 0.6 is 0 Å². The molecule has 1 N–H and O–H groups in total. The average molecular weight is 709 g/mol. The highest BCUT2D eigenvalue weighted by Gasteiger charge is 2.25. The zero-order valence-corrected chi connectivity index (χ0v) is 34.9. The molecule has 0 aliphatic carbocycles. The van der Waals surface area contributed by atoms with E-state index in [1.165, 1.54) is 164 Å². The van der Waals surface area contributed by atoms with Crippen LogP contribution in [0.2, 0.25) is 0 Å². The fourth-order valence-corrected chi connectivity index (χ4v) is 6.04. The molecule has 294 valence electrons. The minimum atomic E-state index is -5.17. The van der Waals surface area contributed by atoms with Crippen molar-refractivity contribution >= 4 is 10.4 Å². The number of aliphatic hydroxyl groups is 1. The van der Waals surface area contributed by atoms with Crippen LogP contribution in [0.3, 0.4) is 0 Å². The van der Waals surface area contributed by atoms with E-state index in [9.17, 15) is 0 Å². The van der Waals surface area contributed by atoms with Crippen molar-refractivity contribution in [2.75, 3.05) is 52.4 Å². The van der Waals surface area contributed by atoms with Crippen LogP contribution in [-0.4, -0.2) is 90.1 Å². The van der Waals surface area contributed by atoms with Gasteiger partial charge in [0.2, 0.25) is 0 Å². The Morgan fingerprint density at radius 1 is 0.500 bits per heavy atom. The van der Waals surface area contributed by atoms with Crippen molar-refractivity contribution < 1.29 is 31.6 Å². The second-order valence-corrected chi connectivity index (χ2v) is 14.8. The van der Waals surface area contributed by atoms with E-state index < -0.39 is 10.4 Å². The Morgan fingerprint density at radius 2 is 0.688 bits per heavy atom. The number of hydrogen-bond acceptors (Lipinski definition) is 5. The van der Waals surface area contributed by atoms with Gasteiger partial charge in [-0.3, -0.25) is 8.42 Å². The Kier molecular flexibility index (Phi) is 44.4. The van der Waals surface area contributed by atoms with E-state index >= 15 is 0 Å². The van der Waals surface area contributed by atoms with Gasteiger partial charge in [-0.15, -0.1) is 6.58 Å². The quantitative estimate of drug-likeness (QED) is 0.0361. The van der Waals surface area contributed by atoms with Crippen LogP contribution in [0.1, 0.15) is 191 Å². The van der Waals surface area contributed by atoms with Crippen LogP contribution in [0.4, 0.5) is 0 Å². The molecular formula is C40H88N2O5S. The maximum Gasteiger partial charge on any atom is 0.0786 e. The summed E-state index contributed by atoms with van der Waals surface area (Å²) in [4.78, 5) is 0. The SMILES string of the molecule is C=CCC(O)CCCC.CCCC[N+](CCCC)(CCCC)CCCC.CCCC[N+](CCCC)(CCCC)CCCC.O=S(=O)([O-])[O-]. The van der Waals surface area contributed by atoms with E-state index in [-0.39, 0.29) is 6.10 Å². The number of quaternary nitrogens is 2. The zero-order chi connectivity index (χ0) is 37.6. The summed E-state index contributed by atoms with van der Waals surface area (Å²) < 4.78 is 36.9. The predicted octanol–water partition coefficient (Wildman–Crippen LogP) is 10.8. The third kappa shape index (κ3) is 41.7. The van der Waals surface area contributed by atoms with Crippen molar-refractivity contribution in [3.05, 3.63) is 12.7 Å². The highest BCUT2D eigenvalue weighted by molar-refractivity contribution is 7.79. The summed E-state index contributed by atoms with van der Waals surface area (Å²) in [5, 5.41) is 9.11. The highest BCUT2D eigenvalue weighted by atomic mass is 32.3. The second kappa shape index (κ2) is 39.3. The largest absolute Gasteiger partial charge is 0.759 e. The van der Waals surface area contributed by atoms with Gasteiger partial charge in [-0.25, -0.2) is 0 Å². The molecule has 0 heterocycles. The third-order valence-electron chi connectivity index (χ3n) is 9.22. The van der Waals surface area contributed by atoms with Crippen molar-refractivity contribution in [2.45, 2.75) is 197 Å². The normalized spacial score (nSPS) is 12.2. The smallest absolute Gasteiger partial charge is 0.0786 e. The average Bonchev–Trinajstić information content (AvgIpc) is 3.06. The summed E-state index contributed by atoms with van der Waals surface area (Å²) in [5.74, 6) is 0. The van der Waals surface area contributed by atoms with E-state index in [1.54, 1.807) is 6.08 Å². The molecule has 0 radical (unpaired) electrons. The molecule has 0 saturated carbocycles. The molecule has 1 unspecified atom stereocenters. The van der Waals surface area contributed by atoms with Crippen LogP contribution in [-0.2, 0) is 10.4 Å². The maximum atomic E-state index is 9.11. The lowest BCUT2D eigenvalue weighted by Gasteiger charge is -2.39. The number of rotatable bonds is 29. The van der Waals surface area contributed by atoms with E-state index in [1.807, 2.05) is 0 Å². The lowest BCUT2D eigenvalue weighted by Crippen LogP contribution is -2.50. The van der Waals surface area contributed by atoms with Gasteiger partial charge in [-0.1, -0.05) is 133 Å². The van der Waals surface area contributed by atoms with Crippen LogP contribution in [0.15, 0.2) is 12.7 Å². The van der Waals surface area contributed by atoms with Gasteiger partial charge >= 0.3 is 0 Å². The number of hydrogen-bond donors (Lipinski definition) is 1. The fraction of sp³-hybridized carbons (Fsp3) is 0.950. The first-order valence-electron chi connectivity index (χ1n) is 20.5. The molecule has 0 saturated heterocycles. The molecule has 0 rings (SSSR count). The molecular weight excluding hydrogens is 621 g/mol. The highest BCUT2D eigenvalue weighted by Crippen LogP contribution is 2.17. The molecule has 0 aliphatic heterocycles. The minimum Gasteiger partial charge on any atom is -0.759 e. The van der Waals surface area contributed by atoms with Crippen LogP contribution in [0, 0.1) is 0 Å². The fourth-order valence-electron chi connectivity index (χ4n) is 6.04. The first-order valence-corrected chi connectivity index (χ1v) is 21.8. The van der Waals surface area contributed by atoms with Gasteiger partial charge in [-0.2, -0.15) is 0 Å². The van der Waals surface area contributed by atoms with Gasteiger partial charge < -0.3 is 23.2 Å². The van der Waals surface area contributed by atoms with Crippen LogP contribution in [0.25, 0.3) is 0 Å². The molecule has 0 amide bonds. The molecule has 0 spiro atoms. The van der Waals surface area contributed by atoms with Crippen LogP contribution in [0.5, 0.6) is 0 Å². The molecule has 8 heteroatoms. The molecule has 0 aliphatic rings. The number of unbranched alkanes of at least 4 members (excludes halogenated alkanes) is 9. The standard InChI is InChI=1S/2C16H36N.C8H16O.H2O4S/c2*1-5-9-13-17(14-10-6-2,15-11-7-3)16-12-8-4;1-3-5-7-8(9)6-4-2;1-5(2,3)4/h2*5-16H2,1-4H3;4,8-9H,2-3,5-7H2,1H3;(H2,1,2,3,4)/q2*+1;;/p-2. The summed E-state index contributed by atoms with van der Waals surface area (Å²) in [7, 11) is -5.17. The lowest BCUT2D eigenvalue weighted by atomic mass is 10.1. The van der Waals surface area contributed by atoms with Gasteiger partial charge in [0.25, 0.3) is 0 Å². The first kappa shape index (κ1) is 54.3. The molecule has 48 heavy (non-hydrogen) atoms. The summed E-state index contributed by atoms with van der Waals surface area (Å²) >= 11 is 0. The Hall–Kier alpha value is -0.510. The van der Waals surface area contributed by atoms with E-state index in [0.717, 1.165) is 25.7 Å². The van der Waals surface area contributed by atoms with Crippen molar-refractivity contribution in [3.63, 3.8) is 0 Å². The van der Waals surface area contributed by atoms with Crippen LogP contribution < -0.4 is 0 Å². The topological polar surface area (TPSA) is 100 Å². The summed E-state index contributed by atoms with van der Waals surface area (Å²) in [6.07, 6.45) is 27.7. The first-order chi connectivity index (χ1) is 22.8. The summed E-state index contributed by atoms with van der Waals surface area (Å²) in [6, 6.07) is 0. The molecule has 0 aromatic rings. The molecule has 0 aromatic heterocycles. The zero-order valence-electron chi connectivity index (χ0n) is 34.0. The van der Waals surface area contributed by atoms with Gasteiger partial charge in [-0.05, 0) is 64.2 Å². The second-order valence-electron chi connectivity index (χ2n) is 14.0. The Bertz CT molecular complexity index is 614. The Labute approximate surface area is 303 Å². The molecule has 0 aromatic carbocycles. The van der Waals surface area contributed by atoms with Crippen molar-refractivity contribution in [3.8, 4) is 0 Å². The summed E-state index contributed by atoms with van der Waals surface area (Å²) in [6.45, 7) is 35.7. The summed E-state index contributed by atoms with van der Waals surface area (Å²) in [5.41, 5.74) is 0. The number of aliphatic hydroxyl groups excluding tert-OH is 1. The van der Waals surface area contributed by atoms with Gasteiger partial charge in [0.15, 0.2) is 0 Å². The third-order valence-corrected chi connectivity index (χ3v) is 9.22. The molecule has 1 atom stereocenters. The molecule has 0 bridgehead atoms. The number of nitrogens with zero attached hydrogens (tertiary/aromatic N) is 2. The van der Waals surface area contributed by atoms with E-state index in [4.69, 9.17) is 22.6 Å². The maximum absolute atomic E-state index is 9.11. The molecule has 7 nitrogen and oxygen atoms in total. The predicted molar refractivity (Wildman–Crippen MR) is 210 cm³/mol. The van der Waals surface area contributed by atoms with Gasteiger partial charge in [0.05, 0.1) is 58.5 Å². The lowest BCUT2D eigenvalue weighted by molar-refractivity contribution is -0.929. The van der Waals surface area contributed by atoms with Gasteiger partial charge in [0, 0.05) is 10.4 Å². The van der Waals surface area contributed by atoms with E-state index in [2.05, 4.69) is 68.9 Å². The van der Waals surface area contributed by atoms with Crippen molar-refractivity contribution in [1.82, 2.24) is 0 Å². The van der Waals surface area contributed by atoms with Gasteiger partial charge in [0.1, 0.15) is 0 Å². The van der Waals surface area contributed by atoms with E-state index in [0.29, 0.717) is 0 Å². The van der Waals surface area contributed by atoms with Crippen molar-refractivity contribution in [1.29, 1.82) is 0 Å².